The second kappa shape index (κ2) is 5.59. The van der Waals surface area contributed by atoms with Crippen LogP contribution >= 0.6 is 11.6 Å². The molecule has 0 fully saturated rings. The summed E-state index contributed by atoms with van der Waals surface area (Å²) >= 11 is 5.59. The Morgan fingerprint density at radius 1 is 1.44 bits per heavy atom. The Kier molecular flexibility index (Phi) is 3.88. The summed E-state index contributed by atoms with van der Waals surface area (Å²) in [6.45, 7) is 0.517. The van der Waals surface area contributed by atoms with E-state index in [9.17, 15) is 4.79 Å². The molecule has 1 amide bonds. The predicted octanol–water partition coefficient (Wildman–Crippen LogP) is 0.836. The minimum absolute atomic E-state index is 0.254. The van der Waals surface area contributed by atoms with Crippen molar-refractivity contribution in [1.82, 2.24) is 25.1 Å². The Morgan fingerprint density at radius 3 is 2.89 bits per heavy atom. The summed E-state index contributed by atoms with van der Waals surface area (Å²) in [7, 11) is 1.86. The van der Waals surface area contributed by atoms with E-state index < -0.39 is 0 Å². The lowest BCUT2D eigenvalue weighted by Crippen LogP contribution is -2.27. The monoisotopic (exact) mass is 265 g/mol. The van der Waals surface area contributed by atoms with E-state index in [0.717, 1.165) is 5.69 Å². The molecule has 0 aliphatic heterocycles. The van der Waals surface area contributed by atoms with Crippen molar-refractivity contribution < 1.29 is 4.79 Å². The van der Waals surface area contributed by atoms with Gasteiger partial charge < -0.3 is 5.32 Å². The van der Waals surface area contributed by atoms with Crippen LogP contribution in [-0.4, -0.2) is 32.2 Å². The molecule has 6 nitrogen and oxygen atoms in total. The highest BCUT2D eigenvalue weighted by molar-refractivity contribution is 6.29. The molecule has 18 heavy (non-hydrogen) atoms. The van der Waals surface area contributed by atoms with Crippen molar-refractivity contribution in [1.29, 1.82) is 0 Å². The van der Waals surface area contributed by atoms with Gasteiger partial charge in [-0.1, -0.05) is 11.6 Å². The Hall–Kier alpha value is -1.95. The number of carbonyl (C=O) groups is 1. The Labute approximate surface area is 109 Å². The van der Waals surface area contributed by atoms with Gasteiger partial charge in [0.05, 0.1) is 12.4 Å². The summed E-state index contributed by atoms with van der Waals surface area (Å²) in [6.07, 6.45) is 5.13. The minimum atomic E-state index is -0.263. The van der Waals surface area contributed by atoms with Crippen molar-refractivity contribution in [3.05, 3.63) is 41.2 Å². The molecular weight excluding hydrogens is 254 g/mol. The maximum absolute atomic E-state index is 11.7. The maximum atomic E-state index is 11.7. The average molecular weight is 266 g/mol. The van der Waals surface area contributed by atoms with Gasteiger partial charge in [0.15, 0.2) is 0 Å². The molecule has 2 rings (SSSR count). The molecule has 7 heteroatoms. The first-order valence-electron chi connectivity index (χ1n) is 5.39. The Bertz CT molecular complexity index is 537. The molecule has 0 unspecified atom stereocenters. The highest BCUT2D eigenvalue weighted by atomic mass is 35.5. The van der Waals surface area contributed by atoms with Crippen LogP contribution in [0.4, 0.5) is 0 Å². The van der Waals surface area contributed by atoms with E-state index in [2.05, 4.69) is 20.4 Å². The van der Waals surface area contributed by atoms with Crippen LogP contribution in [0.1, 0.15) is 16.2 Å². The number of rotatable bonds is 4. The van der Waals surface area contributed by atoms with E-state index in [4.69, 9.17) is 11.6 Å². The van der Waals surface area contributed by atoms with Gasteiger partial charge in [0.1, 0.15) is 10.8 Å². The van der Waals surface area contributed by atoms with E-state index in [1.807, 2.05) is 13.1 Å². The van der Waals surface area contributed by atoms with Crippen molar-refractivity contribution in [2.45, 2.75) is 6.42 Å². The fraction of sp³-hybridized carbons (Fsp3) is 0.273. The van der Waals surface area contributed by atoms with Crippen molar-refractivity contribution in [2.75, 3.05) is 6.54 Å². The van der Waals surface area contributed by atoms with Gasteiger partial charge >= 0.3 is 0 Å². The zero-order valence-electron chi connectivity index (χ0n) is 9.80. The van der Waals surface area contributed by atoms with Gasteiger partial charge in [-0.15, -0.1) is 0 Å². The van der Waals surface area contributed by atoms with Crippen LogP contribution in [0.15, 0.2) is 24.7 Å². The molecule has 0 saturated carbocycles. The highest BCUT2D eigenvalue weighted by Crippen LogP contribution is 2.01. The molecule has 2 aromatic heterocycles. The van der Waals surface area contributed by atoms with Crippen molar-refractivity contribution in [3.63, 3.8) is 0 Å². The third-order valence-corrected chi connectivity index (χ3v) is 2.64. The second-order valence-corrected chi connectivity index (χ2v) is 4.06. The number of aromatic nitrogens is 4. The zero-order chi connectivity index (χ0) is 13.0. The zero-order valence-corrected chi connectivity index (χ0v) is 10.6. The molecule has 0 aliphatic carbocycles. The molecule has 0 saturated heterocycles. The van der Waals surface area contributed by atoms with Crippen molar-refractivity contribution in [2.24, 2.45) is 7.05 Å². The number of aryl methyl sites for hydroxylation is 1. The summed E-state index contributed by atoms with van der Waals surface area (Å²) in [4.78, 5) is 19.4. The van der Waals surface area contributed by atoms with Gasteiger partial charge in [0, 0.05) is 31.9 Å². The van der Waals surface area contributed by atoms with Crippen molar-refractivity contribution >= 4 is 17.5 Å². The standard InChI is InChI=1S/C11H12ClN5O/c1-17-8(3-5-16-17)2-4-13-11(18)9-6-15-10(12)7-14-9/h3,5-7H,2,4H2,1H3,(H,13,18). The number of hydrogen-bond donors (Lipinski definition) is 1. The summed E-state index contributed by atoms with van der Waals surface area (Å²) in [5.41, 5.74) is 1.31. The SMILES string of the molecule is Cn1nccc1CCNC(=O)c1cnc(Cl)cn1. The van der Waals surface area contributed by atoms with E-state index in [1.165, 1.54) is 12.4 Å². The first kappa shape index (κ1) is 12.5. The Morgan fingerprint density at radius 2 is 2.28 bits per heavy atom. The third kappa shape index (κ3) is 3.04. The van der Waals surface area contributed by atoms with Gasteiger partial charge in [0.2, 0.25) is 0 Å². The van der Waals surface area contributed by atoms with Gasteiger partial charge in [-0.05, 0) is 6.07 Å². The maximum Gasteiger partial charge on any atom is 0.271 e. The molecular formula is C11H12ClN5O. The summed E-state index contributed by atoms with van der Waals surface area (Å²) in [6, 6.07) is 1.91. The molecule has 94 valence electrons. The second-order valence-electron chi connectivity index (χ2n) is 3.68. The van der Waals surface area contributed by atoms with Crippen LogP contribution < -0.4 is 5.32 Å². The van der Waals surface area contributed by atoms with E-state index in [-0.39, 0.29) is 16.8 Å². The molecule has 1 N–H and O–H groups in total. The van der Waals surface area contributed by atoms with Crippen LogP contribution in [0.2, 0.25) is 5.15 Å². The van der Waals surface area contributed by atoms with E-state index >= 15 is 0 Å². The van der Waals surface area contributed by atoms with Gasteiger partial charge in [-0.25, -0.2) is 9.97 Å². The Balaban J connectivity index is 1.85. The lowest BCUT2D eigenvalue weighted by atomic mass is 10.3. The predicted molar refractivity (Wildman–Crippen MR) is 66.3 cm³/mol. The largest absolute Gasteiger partial charge is 0.350 e. The molecule has 0 atom stereocenters. The molecule has 0 aliphatic rings. The first-order valence-corrected chi connectivity index (χ1v) is 5.77. The van der Waals surface area contributed by atoms with Crippen LogP contribution in [0.3, 0.4) is 0 Å². The molecule has 2 aromatic rings. The van der Waals surface area contributed by atoms with Gasteiger partial charge in [-0.2, -0.15) is 5.10 Å². The topological polar surface area (TPSA) is 72.7 Å². The van der Waals surface area contributed by atoms with E-state index in [0.29, 0.717) is 13.0 Å². The van der Waals surface area contributed by atoms with Crippen LogP contribution in [0, 0.1) is 0 Å². The molecule has 0 bridgehead atoms. The average Bonchev–Trinajstić information content (AvgIpc) is 2.76. The van der Waals surface area contributed by atoms with Crippen LogP contribution in [0.5, 0.6) is 0 Å². The first-order chi connectivity index (χ1) is 8.66. The number of nitrogens with zero attached hydrogens (tertiary/aromatic N) is 4. The molecule has 0 radical (unpaired) electrons. The van der Waals surface area contributed by atoms with Crippen molar-refractivity contribution in [3.8, 4) is 0 Å². The van der Waals surface area contributed by atoms with Crippen LogP contribution in [-0.2, 0) is 13.5 Å². The highest BCUT2D eigenvalue weighted by Gasteiger charge is 2.07. The quantitative estimate of drug-likeness (QED) is 0.889. The fourth-order valence-electron chi connectivity index (χ4n) is 1.47. The van der Waals surface area contributed by atoms with E-state index in [1.54, 1.807) is 10.9 Å². The fourth-order valence-corrected chi connectivity index (χ4v) is 1.57. The van der Waals surface area contributed by atoms with Gasteiger partial charge in [-0.3, -0.25) is 9.48 Å². The number of nitrogens with one attached hydrogen (secondary N) is 1. The number of carbonyl (C=O) groups excluding carboxylic acids is 1. The molecule has 0 spiro atoms. The van der Waals surface area contributed by atoms with Crippen LogP contribution in [0.25, 0.3) is 0 Å². The molecule has 0 aromatic carbocycles. The molecule has 2 heterocycles. The lowest BCUT2D eigenvalue weighted by molar-refractivity contribution is 0.0948. The normalized spacial score (nSPS) is 10.3. The smallest absolute Gasteiger partial charge is 0.271 e. The minimum Gasteiger partial charge on any atom is -0.350 e. The summed E-state index contributed by atoms with van der Waals surface area (Å²) in [5.74, 6) is -0.263. The third-order valence-electron chi connectivity index (χ3n) is 2.44. The summed E-state index contributed by atoms with van der Waals surface area (Å²) in [5, 5.41) is 7.07. The summed E-state index contributed by atoms with van der Waals surface area (Å²) < 4.78 is 1.77. The number of halogens is 1. The number of amides is 1. The van der Waals surface area contributed by atoms with Gasteiger partial charge in [0.25, 0.3) is 5.91 Å². The number of hydrogen-bond acceptors (Lipinski definition) is 4. The lowest BCUT2D eigenvalue weighted by Gasteiger charge is -2.04.